The van der Waals surface area contributed by atoms with Crippen molar-refractivity contribution in [3.63, 3.8) is 0 Å². The van der Waals surface area contributed by atoms with Crippen molar-refractivity contribution in [1.29, 1.82) is 0 Å². The van der Waals surface area contributed by atoms with Gasteiger partial charge in [-0.05, 0) is 53.9 Å². The van der Waals surface area contributed by atoms with Crippen LogP contribution in [0.5, 0.6) is 0 Å². The summed E-state index contributed by atoms with van der Waals surface area (Å²) in [6, 6.07) is 19.5. The van der Waals surface area contributed by atoms with E-state index in [0.717, 1.165) is 52.8 Å². The molecule has 2 heterocycles. The number of H-pyrrole nitrogens is 1. The molecule has 1 aliphatic rings. The summed E-state index contributed by atoms with van der Waals surface area (Å²) in [5, 5.41) is 5.15. The maximum atomic E-state index is 12.7. The fourth-order valence-electron chi connectivity index (χ4n) is 3.59. The topological polar surface area (TPSA) is 67.0 Å². The van der Waals surface area contributed by atoms with Crippen LogP contribution >= 0.6 is 0 Å². The number of anilines is 1. The van der Waals surface area contributed by atoms with Crippen LogP contribution in [-0.2, 0) is 4.74 Å². The predicted molar refractivity (Wildman–Crippen MR) is 106 cm³/mol. The zero-order valence-corrected chi connectivity index (χ0v) is 14.7. The zero-order valence-electron chi connectivity index (χ0n) is 14.7. The van der Waals surface area contributed by atoms with E-state index in [1.165, 1.54) is 0 Å². The van der Waals surface area contributed by atoms with Crippen LogP contribution in [0, 0.1) is 0 Å². The minimum absolute atomic E-state index is 0.0491. The number of hydrogen-bond donors (Lipinski definition) is 2. The molecular weight excluding hydrogens is 338 g/mol. The van der Waals surface area contributed by atoms with Crippen LogP contribution in [0.3, 0.4) is 0 Å². The summed E-state index contributed by atoms with van der Waals surface area (Å²) in [6.45, 7) is 0.786. The highest BCUT2D eigenvalue weighted by Crippen LogP contribution is 2.28. The third-order valence-electron chi connectivity index (χ3n) is 5.00. The molecule has 1 fully saturated rings. The van der Waals surface area contributed by atoms with Gasteiger partial charge < -0.3 is 15.0 Å². The van der Waals surface area contributed by atoms with Crippen molar-refractivity contribution in [2.45, 2.75) is 18.9 Å². The number of imidazole rings is 1. The molecule has 5 nitrogen and oxygen atoms in total. The standard InChI is InChI=1S/C22H19N3O2/c26-22(16-8-7-14-4-1-2-5-15(14)12-16)23-17-9-10-18-19(13-17)25-21(24-18)20-6-3-11-27-20/h1-2,4-5,7-10,12-13,20H,3,6,11H2,(H,23,26)(H,24,25). The summed E-state index contributed by atoms with van der Waals surface area (Å²) in [5.74, 6) is 0.736. The van der Waals surface area contributed by atoms with Crippen LogP contribution in [0.1, 0.15) is 35.1 Å². The second kappa shape index (κ2) is 6.52. The van der Waals surface area contributed by atoms with E-state index >= 15 is 0 Å². The molecule has 0 radical (unpaired) electrons. The van der Waals surface area contributed by atoms with Crippen molar-refractivity contribution < 1.29 is 9.53 Å². The van der Waals surface area contributed by atoms with Gasteiger partial charge in [0, 0.05) is 17.9 Å². The minimum atomic E-state index is -0.126. The Morgan fingerprint density at radius 3 is 2.81 bits per heavy atom. The summed E-state index contributed by atoms with van der Waals surface area (Å²) in [4.78, 5) is 20.6. The Kier molecular flexibility index (Phi) is 3.87. The van der Waals surface area contributed by atoms with Gasteiger partial charge in [0.1, 0.15) is 11.9 Å². The number of amides is 1. The minimum Gasteiger partial charge on any atom is -0.370 e. The van der Waals surface area contributed by atoms with E-state index in [9.17, 15) is 4.79 Å². The van der Waals surface area contributed by atoms with E-state index in [0.29, 0.717) is 5.56 Å². The number of nitrogens with one attached hydrogen (secondary N) is 2. The van der Waals surface area contributed by atoms with E-state index in [1.807, 2.05) is 60.7 Å². The fraction of sp³-hybridized carbons (Fsp3) is 0.182. The Bertz CT molecular complexity index is 1140. The number of aromatic amines is 1. The largest absolute Gasteiger partial charge is 0.370 e. The Morgan fingerprint density at radius 2 is 1.96 bits per heavy atom. The number of benzene rings is 3. The van der Waals surface area contributed by atoms with Crippen molar-refractivity contribution in [2.75, 3.05) is 11.9 Å². The van der Waals surface area contributed by atoms with Gasteiger partial charge in [-0.2, -0.15) is 0 Å². The van der Waals surface area contributed by atoms with Crippen LogP contribution in [-0.4, -0.2) is 22.5 Å². The van der Waals surface area contributed by atoms with Crippen molar-refractivity contribution in [3.05, 3.63) is 72.1 Å². The van der Waals surface area contributed by atoms with Gasteiger partial charge in [-0.15, -0.1) is 0 Å². The zero-order chi connectivity index (χ0) is 18.2. The second-order valence-electron chi connectivity index (χ2n) is 6.87. The highest BCUT2D eigenvalue weighted by molar-refractivity contribution is 6.07. The van der Waals surface area contributed by atoms with E-state index < -0.39 is 0 Å². The molecule has 5 rings (SSSR count). The second-order valence-corrected chi connectivity index (χ2v) is 6.87. The van der Waals surface area contributed by atoms with Gasteiger partial charge in [0.05, 0.1) is 11.0 Å². The summed E-state index contributed by atoms with van der Waals surface area (Å²) in [5.41, 5.74) is 3.16. The molecular formula is C22H19N3O2. The molecule has 1 amide bonds. The maximum absolute atomic E-state index is 12.7. The molecule has 1 aliphatic heterocycles. The molecule has 4 aromatic rings. The smallest absolute Gasteiger partial charge is 0.255 e. The number of fused-ring (bicyclic) bond motifs is 2. The van der Waals surface area contributed by atoms with Crippen molar-refractivity contribution >= 4 is 33.4 Å². The number of aromatic nitrogens is 2. The summed E-state index contributed by atoms with van der Waals surface area (Å²) >= 11 is 0. The first kappa shape index (κ1) is 16.0. The number of rotatable bonds is 3. The van der Waals surface area contributed by atoms with Crippen LogP contribution < -0.4 is 5.32 Å². The third kappa shape index (κ3) is 3.06. The highest BCUT2D eigenvalue weighted by Gasteiger charge is 2.21. The molecule has 0 aliphatic carbocycles. The van der Waals surface area contributed by atoms with Crippen LogP contribution in [0.4, 0.5) is 5.69 Å². The molecule has 27 heavy (non-hydrogen) atoms. The predicted octanol–water partition coefficient (Wildman–Crippen LogP) is 4.82. The molecule has 1 unspecified atom stereocenters. The first-order valence-electron chi connectivity index (χ1n) is 9.18. The lowest BCUT2D eigenvalue weighted by molar-refractivity contribution is 0.102. The summed E-state index contributed by atoms with van der Waals surface area (Å²) in [7, 11) is 0. The molecule has 0 saturated carbocycles. The SMILES string of the molecule is O=C(Nc1ccc2nc(C3CCCO3)[nH]c2c1)c1ccc2ccccc2c1. The number of nitrogens with zero attached hydrogens (tertiary/aromatic N) is 1. The first-order chi connectivity index (χ1) is 13.3. The number of carbonyl (C=O) groups excluding carboxylic acids is 1. The van der Waals surface area contributed by atoms with Crippen molar-refractivity contribution in [1.82, 2.24) is 9.97 Å². The lowest BCUT2D eigenvalue weighted by atomic mass is 10.1. The Balaban J connectivity index is 1.40. The molecule has 1 aromatic heterocycles. The molecule has 0 bridgehead atoms. The summed E-state index contributed by atoms with van der Waals surface area (Å²) in [6.07, 6.45) is 2.10. The van der Waals surface area contributed by atoms with E-state index in [1.54, 1.807) is 0 Å². The van der Waals surface area contributed by atoms with Gasteiger partial charge in [-0.25, -0.2) is 4.98 Å². The molecule has 3 aromatic carbocycles. The number of hydrogen-bond acceptors (Lipinski definition) is 3. The van der Waals surface area contributed by atoms with Gasteiger partial charge in [0.2, 0.25) is 0 Å². The third-order valence-corrected chi connectivity index (χ3v) is 5.00. The average molecular weight is 357 g/mol. The van der Waals surface area contributed by atoms with E-state index in [-0.39, 0.29) is 12.0 Å². The number of ether oxygens (including phenoxy) is 1. The average Bonchev–Trinajstić information content (AvgIpc) is 3.36. The molecule has 134 valence electrons. The Hall–Kier alpha value is -3.18. The quantitative estimate of drug-likeness (QED) is 0.552. The molecule has 1 saturated heterocycles. The lowest BCUT2D eigenvalue weighted by Crippen LogP contribution is -2.11. The van der Waals surface area contributed by atoms with E-state index in [4.69, 9.17) is 4.74 Å². The van der Waals surface area contributed by atoms with Gasteiger partial charge >= 0.3 is 0 Å². The first-order valence-corrected chi connectivity index (χ1v) is 9.18. The number of carbonyl (C=O) groups is 1. The molecule has 2 N–H and O–H groups in total. The Labute approximate surface area is 156 Å². The molecule has 0 spiro atoms. The van der Waals surface area contributed by atoms with Gasteiger partial charge in [0.25, 0.3) is 5.91 Å². The fourth-order valence-corrected chi connectivity index (χ4v) is 3.59. The lowest BCUT2D eigenvalue weighted by Gasteiger charge is -2.06. The monoisotopic (exact) mass is 357 g/mol. The van der Waals surface area contributed by atoms with Crippen LogP contribution in [0.25, 0.3) is 21.8 Å². The Morgan fingerprint density at radius 1 is 1.07 bits per heavy atom. The highest BCUT2D eigenvalue weighted by atomic mass is 16.5. The van der Waals surface area contributed by atoms with Crippen LogP contribution in [0.15, 0.2) is 60.7 Å². The van der Waals surface area contributed by atoms with Gasteiger partial charge in [0.15, 0.2) is 0 Å². The van der Waals surface area contributed by atoms with Crippen molar-refractivity contribution in [3.8, 4) is 0 Å². The normalized spacial score (nSPS) is 16.8. The van der Waals surface area contributed by atoms with Crippen LogP contribution in [0.2, 0.25) is 0 Å². The molecule has 5 heteroatoms. The van der Waals surface area contributed by atoms with Gasteiger partial charge in [-0.1, -0.05) is 30.3 Å². The molecule has 1 atom stereocenters. The van der Waals surface area contributed by atoms with E-state index in [2.05, 4.69) is 15.3 Å². The summed E-state index contributed by atoms with van der Waals surface area (Å²) < 4.78 is 5.69. The maximum Gasteiger partial charge on any atom is 0.255 e. The van der Waals surface area contributed by atoms with Crippen molar-refractivity contribution in [2.24, 2.45) is 0 Å². The van der Waals surface area contributed by atoms with Gasteiger partial charge in [-0.3, -0.25) is 4.79 Å².